The van der Waals surface area contributed by atoms with Crippen molar-refractivity contribution >= 4 is 13.6 Å². The predicted octanol–water partition coefficient (Wildman–Crippen LogP) is 6.23. The molecule has 0 saturated carbocycles. The molecular formula is C25H52NO6P. The third-order valence-corrected chi connectivity index (χ3v) is 7.05. The van der Waals surface area contributed by atoms with Crippen molar-refractivity contribution in [2.24, 2.45) is 0 Å². The molecule has 0 aromatic rings. The lowest BCUT2D eigenvalue weighted by Crippen LogP contribution is -2.28. The molecule has 0 aliphatic carbocycles. The monoisotopic (exact) mass is 493 g/mol. The molecule has 198 valence electrons. The van der Waals surface area contributed by atoms with Gasteiger partial charge < -0.3 is 24.2 Å². The van der Waals surface area contributed by atoms with E-state index in [2.05, 4.69) is 12.2 Å². The van der Waals surface area contributed by atoms with E-state index in [9.17, 15) is 14.3 Å². The van der Waals surface area contributed by atoms with Gasteiger partial charge in [0.15, 0.2) is 0 Å². The highest BCUT2D eigenvalue weighted by Gasteiger charge is 2.23. The van der Waals surface area contributed by atoms with Crippen LogP contribution in [-0.2, 0) is 23.4 Å². The average molecular weight is 494 g/mol. The van der Waals surface area contributed by atoms with E-state index in [-0.39, 0.29) is 31.8 Å². The Hall–Kier alpha value is -0.460. The molecule has 0 rings (SSSR count). The molecule has 2 unspecified atom stereocenters. The lowest BCUT2D eigenvalue weighted by atomic mass is 10.0. The van der Waals surface area contributed by atoms with Crippen LogP contribution in [0.15, 0.2) is 0 Å². The molecule has 0 saturated heterocycles. The van der Waals surface area contributed by atoms with Gasteiger partial charge in [-0.15, -0.1) is 0 Å². The average Bonchev–Trinajstić information content (AvgIpc) is 2.79. The Morgan fingerprint density at radius 1 is 0.848 bits per heavy atom. The topological polar surface area (TPSA) is 94.1 Å². The number of unbranched alkanes of at least 4 members (excludes halogenated alkanes) is 12. The molecule has 8 heteroatoms. The first-order valence-corrected chi connectivity index (χ1v) is 15.1. The molecule has 33 heavy (non-hydrogen) atoms. The van der Waals surface area contributed by atoms with Crippen molar-refractivity contribution in [2.75, 3.05) is 39.6 Å². The maximum Gasteiger partial charge on any atom is 0.328 e. The summed E-state index contributed by atoms with van der Waals surface area (Å²) in [7, 11) is -1.90. The van der Waals surface area contributed by atoms with Crippen molar-refractivity contribution in [3.05, 3.63) is 0 Å². The van der Waals surface area contributed by atoms with E-state index in [1.54, 1.807) is 14.0 Å². The standard InChI is InChI=1S/C25H52NO6P/c1-4-6-7-8-9-10-11-12-13-14-15-16-17-20-30-22-24(32-25(27)5-2)23-31-33(28,29)21-18-19-26-3/h24,26H,4-23H2,1-3H3,(H,28,29). The van der Waals surface area contributed by atoms with Crippen molar-refractivity contribution in [1.82, 2.24) is 5.32 Å². The van der Waals surface area contributed by atoms with E-state index >= 15 is 0 Å². The van der Waals surface area contributed by atoms with Gasteiger partial charge in [0.2, 0.25) is 0 Å². The van der Waals surface area contributed by atoms with Gasteiger partial charge in [-0.2, -0.15) is 0 Å². The predicted molar refractivity (Wildman–Crippen MR) is 136 cm³/mol. The van der Waals surface area contributed by atoms with Gasteiger partial charge in [0.25, 0.3) is 0 Å². The number of esters is 1. The first-order valence-electron chi connectivity index (χ1n) is 13.3. The van der Waals surface area contributed by atoms with E-state index in [0.717, 1.165) is 12.8 Å². The molecule has 0 spiro atoms. The van der Waals surface area contributed by atoms with Crippen LogP contribution in [0.1, 0.15) is 110 Å². The molecule has 0 aliphatic heterocycles. The fraction of sp³-hybridized carbons (Fsp3) is 0.960. The maximum absolute atomic E-state index is 12.1. The zero-order valence-electron chi connectivity index (χ0n) is 21.7. The fourth-order valence-corrected chi connectivity index (χ4v) is 4.63. The molecule has 0 heterocycles. The van der Waals surface area contributed by atoms with E-state index in [4.69, 9.17) is 14.0 Å². The molecular weight excluding hydrogens is 441 g/mol. The van der Waals surface area contributed by atoms with Crippen LogP contribution in [0, 0.1) is 0 Å². The van der Waals surface area contributed by atoms with Crippen molar-refractivity contribution in [2.45, 2.75) is 116 Å². The second-order valence-electron chi connectivity index (χ2n) is 8.90. The second-order valence-corrected chi connectivity index (χ2v) is 10.9. The lowest BCUT2D eigenvalue weighted by molar-refractivity contribution is -0.153. The van der Waals surface area contributed by atoms with Gasteiger partial charge in [0.1, 0.15) is 6.10 Å². The van der Waals surface area contributed by atoms with Crippen molar-refractivity contribution in [3.63, 3.8) is 0 Å². The van der Waals surface area contributed by atoms with Gasteiger partial charge in [-0.05, 0) is 26.4 Å². The van der Waals surface area contributed by atoms with Gasteiger partial charge in [-0.25, -0.2) is 0 Å². The summed E-state index contributed by atoms with van der Waals surface area (Å²) in [4.78, 5) is 21.6. The first kappa shape index (κ1) is 32.5. The van der Waals surface area contributed by atoms with E-state index < -0.39 is 13.7 Å². The van der Waals surface area contributed by atoms with Gasteiger partial charge in [-0.1, -0.05) is 90.9 Å². The largest absolute Gasteiger partial charge is 0.457 e. The Labute approximate surface area is 203 Å². The van der Waals surface area contributed by atoms with Crippen LogP contribution in [-0.4, -0.2) is 56.5 Å². The van der Waals surface area contributed by atoms with Gasteiger partial charge in [-0.3, -0.25) is 9.36 Å². The number of ether oxygens (including phenoxy) is 2. The Morgan fingerprint density at radius 2 is 1.39 bits per heavy atom. The second kappa shape index (κ2) is 23.3. The van der Waals surface area contributed by atoms with Crippen molar-refractivity contribution in [3.8, 4) is 0 Å². The minimum absolute atomic E-state index is 0.0715. The lowest BCUT2D eigenvalue weighted by Gasteiger charge is -2.20. The summed E-state index contributed by atoms with van der Waals surface area (Å²) in [6.45, 7) is 5.26. The summed E-state index contributed by atoms with van der Waals surface area (Å²) < 4.78 is 28.2. The molecule has 0 amide bonds. The summed E-state index contributed by atoms with van der Waals surface area (Å²) in [5.74, 6) is -0.365. The molecule has 0 aromatic heterocycles. The quantitative estimate of drug-likeness (QED) is 0.0884. The molecule has 0 radical (unpaired) electrons. The molecule has 0 aliphatic rings. The van der Waals surface area contributed by atoms with Crippen LogP contribution in [0.4, 0.5) is 0 Å². The van der Waals surface area contributed by atoms with Crippen LogP contribution < -0.4 is 5.32 Å². The smallest absolute Gasteiger partial charge is 0.328 e. The number of hydrogen-bond acceptors (Lipinski definition) is 6. The minimum atomic E-state index is -3.69. The zero-order chi connectivity index (χ0) is 24.6. The first-order chi connectivity index (χ1) is 15.9. The third-order valence-electron chi connectivity index (χ3n) is 5.61. The highest BCUT2D eigenvalue weighted by atomic mass is 31.2. The fourth-order valence-electron chi connectivity index (χ4n) is 3.54. The van der Waals surface area contributed by atoms with E-state index in [1.807, 2.05) is 0 Å². The minimum Gasteiger partial charge on any atom is -0.457 e. The third kappa shape index (κ3) is 23.1. The molecule has 0 fully saturated rings. The Kier molecular flexibility index (Phi) is 23.0. The van der Waals surface area contributed by atoms with Crippen molar-refractivity contribution < 1.29 is 28.3 Å². The Balaban J connectivity index is 3.80. The van der Waals surface area contributed by atoms with Crippen LogP contribution in [0.25, 0.3) is 0 Å². The number of hydrogen-bond donors (Lipinski definition) is 2. The summed E-state index contributed by atoms with van der Waals surface area (Å²) in [5, 5.41) is 2.93. The Morgan fingerprint density at radius 3 is 1.91 bits per heavy atom. The van der Waals surface area contributed by atoms with Crippen LogP contribution in [0.5, 0.6) is 0 Å². The number of carbonyl (C=O) groups is 1. The molecule has 0 bridgehead atoms. The number of carbonyl (C=O) groups excluding carboxylic acids is 1. The number of nitrogens with one attached hydrogen (secondary N) is 1. The Bertz CT molecular complexity index is 492. The molecule has 2 N–H and O–H groups in total. The summed E-state index contributed by atoms with van der Waals surface area (Å²) in [6, 6.07) is 0. The van der Waals surface area contributed by atoms with Gasteiger partial charge >= 0.3 is 13.6 Å². The van der Waals surface area contributed by atoms with E-state index in [1.165, 1.54) is 70.6 Å². The molecule has 7 nitrogen and oxygen atoms in total. The van der Waals surface area contributed by atoms with Crippen LogP contribution >= 0.6 is 7.60 Å². The molecule has 2 atom stereocenters. The summed E-state index contributed by atoms with van der Waals surface area (Å²) in [6.07, 6.45) is 17.1. The highest BCUT2D eigenvalue weighted by molar-refractivity contribution is 7.52. The molecule has 0 aromatic carbocycles. The maximum atomic E-state index is 12.1. The SMILES string of the molecule is CCCCCCCCCCCCCCCOCC(COP(=O)(O)CCCNC)OC(=O)CC. The summed E-state index contributed by atoms with van der Waals surface area (Å²) in [5.41, 5.74) is 0. The van der Waals surface area contributed by atoms with Crippen molar-refractivity contribution in [1.29, 1.82) is 0 Å². The van der Waals surface area contributed by atoms with Crippen LogP contribution in [0.3, 0.4) is 0 Å². The number of rotatable bonds is 25. The normalized spacial score (nSPS) is 14.2. The zero-order valence-corrected chi connectivity index (χ0v) is 22.5. The van der Waals surface area contributed by atoms with Gasteiger partial charge in [0.05, 0.1) is 19.4 Å². The van der Waals surface area contributed by atoms with E-state index in [0.29, 0.717) is 19.6 Å². The highest BCUT2D eigenvalue weighted by Crippen LogP contribution is 2.42. The summed E-state index contributed by atoms with van der Waals surface area (Å²) >= 11 is 0. The van der Waals surface area contributed by atoms with Crippen LogP contribution in [0.2, 0.25) is 0 Å². The van der Waals surface area contributed by atoms with Gasteiger partial charge in [0, 0.05) is 13.0 Å².